The fourth-order valence-electron chi connectivity index (χ4n) is 2.35. The first-order valence-electron chi connectivity index (χ1n) is 6.65. The molecular weight excluding hydrogens is 214 g/mol. The van der Waals surface area contributed by atoms with Gasteiger partial charge in [-0.2, -0.15) is 5.10 Å². The van der Waals surface area contributed by atoms with Crippen LogP contribution in [0.4, 0.5) is 0 Å². The highest BCUT2D eigenvalue weighted by molar-refractivity contribution is 5.08. The first-order chi connectivity index (χ1) is 8.31. The van der Waals surface area contributed by atoms with E-state index < -0.39 is 0 Å². The molecule has 4 nitrogen and oxygen atoms in total. The van der Waals surface area contributed by atoms with Crippen LogP contribution in [0.1, 0.15) is 44.3 Å². The number of aromatic nitrogens is 2. The van der Waals surface area contributed by atoms with Crippen LogP contribution in [0.3, 0.4) is 0 Å². The summed E-state index contributed by atoms with van der Waals surface area (Å²) in [6, 6.07) is 2.34. The summed E-state index contributed by atoms with van der Waals surface area (Å²) in [5.74, 6) is 0. The molecule has 4 heteroatoms. The maximum atomic E-state index is 5.89. The minimum atomic E-state index is 0.247. The van der Waals surface area contributed by atoms with Gasteiger partial charge in [-0.3, -0.25) is 4.68 Å². The van der Waals surface area contributed by atoms with Crippen molar-refractivity contribution in [1.82, 2.24) is 15.1 Å². The van der Waals surface area contributed by atoms with E-state index in [0.717, 1.165) is 31.7 Å². The van der Waals surface area contributed by atoms with Crippen LogP contribution in [0.5, 0.6) is 0 Å². The van der Waals surface area contributed by atoms with Gasteiger partial charge in [0.05, 0.1) is 17.8 Å². The summed E-state index contributed by atoms with van der Waals surface area (Å²) in [7, 11) is 1.96. The molecule has 2 atom stereocenters. The molecule has 1 saturated heterocycles. The normalized spacial score (nSPS) is 22.6. The molecule has 17 heavy (non-hydrogen) atoms. The second-order valence-corrected chi connectivity index (χ2v) is 4.75. The first kappa shape index (κ1) is 12.6. The van der Waals surface area contributed by atoms with Crippen molar-refractivity contribution in [1.29, 1.82) is 0 Å². The van der Waals surface area contributed by atoms with Crippen molar-refractivity contribution >= 4 is 0 Å². The molecule has 96 valence electrons. The van der Waals surface area contributed by atoms with Crippen molar-refractivity contribution in [3.05, 3.63) is 18.0 Å². The van der Waals surface area contributed by atoms with Crippen LogP contribution in [-0.2, 0) is 11.8 Å². The zero-order valence-electron chi connectivity index (χ0n) is 10.9. The van der Waals surface area contributed by atoms with Crippen LogP contribution in [0, 0.1) is 0 Å². The summed E-state index contributed by atoms with van der Waals surface area (Å²) in [6.45, 7) is 4.09. The topological polar surface area (TPSA) is 39.1 Å². The Morgan fingerprint density at radius 3 is 3.06 bits per heavy atom. The third kappa shape index (κ3) is 3.30. The molecule has 1 aromatic rings. The molecule has 1 aliphatic heterocycles. The molecule has 1 aromatic heterocycles. The van der Waals surface area contributed by atoms with Gasteiger partial charge in [0.1, 0.15) is 0 Å². The number of aryl methyl sites for hydroxylation is 1. The minimum absolute atomic E-state index is 0.247. The van der Waals surface area contributed by atoms with Crippen molar-refractivity contribution in [3.63, 3.8) is 0 Å². The van der Waals surface area contributed by atoms with E-state index in [1.54, 1.807) is 0 Å². The van der Waals surface area contributed by atoms with Crippen molar-refractivity contribution < 1.29 is 4.74 Å². The second-order valence-electron chi connectivity index (χ2n) is 4.75. The Bertz CT molecular complexity index is 331. The Balaban J connectivity index is 2.06. The molecule has 0 saturated carbocycles. The maximum absolute atomic E-state index is 5.89. The standard InChI is InChI=1S/C13H23N3O/c1-3-8-14-13(11-7-9-16(2)15-11)12-6-4-5-10-17-12/h7,9,12-14H,3-6,8,10H2,1-2H3. The highest BCUT2D eigenvalue weighted by Crippen LogP contribution is 2.25. The van der Waals surface area contributed by atoms with Crippen LogP contribution >= 0.6 is 0 Å². The van der Waals surface area contributed by atoms with E-state index in [2.05, 4.69) is 23.4 Å². The molecule has 0 bridgehead atoms. The maximum Gasteiger partial charge on any atom is 0.0820 e. The summed E-state index contributed by atoms with van der Waals surface area (Å²) in [6.07, 6.45) is 7.01. The molecule has 0 amide bonds. The van der Waals surface area contributed by atoms with Gasteiger partial charge >= 0.3 is 0 Å². The summed E-state index contributed by atoms with van der Waals surface area (Å²) >= 11 is 0. The quantitative estimate of drug-likeness (QED) is 0.851. The van der Waals surface area contributed by atoms with Gasteiger partial charge in [0.25, 0.3) is 0 Å². The van der Waals surface area contributed by atoms with Crippen LogP contribution in [0.15, 0.2) is 12.3 Å². The molecule has 0 aromatic carbocycles. The fourth-order valence-corrected chi connectivity index (χ4v) is 2.35. The average molecular weight is 237 g/mol. The van der Waals surface area contributed by atoms with Crippen molar-refractivity contribution in [2.75, 3.05) is 13.2 Å². The number of nitrogens with zero attached hydrogens (tertiary/aromatic N) is 2. The van der Waals surface area contributed by atoms with E-state index in [1.807, 2.05) is 17.9 Å². The van der Waals surface area contributed by atoms with Gasteiger partial charge in [-0.15, -0.1) is 0 Å². The Morgan fingerprint density at radius 2 is 2.47 bits per heavy atom. The smallest absolute Gasteiger partial charge is 0.0820 e. The van der Waals surface area contributed by atoms with Gasteiger partial charge in [-0.1, -0.05) is 6.92 Å². The van der Waals surface area contributed by atoms with Gasteiger partial charge in [0.2, 0.25) is 0 Å². The van der Waals surface area contributed by atoms with Gasteiger partial charge in [-0.05, 0) is 38.3 Å². The van der Waals surface area contributed by atoms with Crippen molar-refractivity contribution in [2.45, 2.75) is 44.8 Å². The average Bonchev–Trinajstić information content (AvgIpc) is 2.78. The highest BCUT2D eigenvalue weighted by Gasteiger charge is 2.26. The molecule has 1 N–H and O–H groups in total. The van der Waals surface area contributed by atoms with Crippen LogP contribution in [0.25, 0.3) is 0 Å². The lowest BCUT2D eigenvalue weighted by molar-refractivity contribution is -0.00912. The zero-order chi connectivity index (χ0) is 12.1. The molecule has 0 aliphatic carbocycles. The summed E-state index contributed by atoms with van der Waals surface area (Å²) in [4.78, 5) is 0. The van der Waals surface area contributed by atoms with Crippen LogP contribution in [0.2, 0.25) is 0 Å². The Kier molecular flexibility index (Phi) is 4.57. The first-order valence-corrected chi connectivity index (χ1v) is 6.65. The molecule has 2 heterocycles. The largest absolute Gasteiger partial charge is 0.376 e. The summed E-state index contributed by atoms with van der Waals surface area (Å²) in [5, 5.41) is 8.08. The lowest BCUT2D eigenvalue weighted by Gasteiger charge is -2.30. The Hall–Kier alpha value is -0.870. The fraction of sp³-hybridized carbons (Fsp3) is 0.769. The van der Waals surface area contributed by atoms with E-state index in [-0.39, 0.29) is 12.1 Å². The SMILES string of the molecule is CCCNC(c1ccn(C)n1)C1CCCCO1. The van der Waals surface area contributed by atoms with Crippen LogP contribution in [-0.4, -0.2) is 29.0 Å². The molecule has 1 aliphatic rings. The van der Waals surface area contributed by atoms with E-state index >= 15 is 0 Å². The minimum Gasteiger partial charge on any atom is -0.376 e. The molecular formula is C13H23N3O. The Labute approximate surface area is 103 Å². The predicted octanol–water partition coefficient (Wildman–Crippen LogP) is 2.03. The lowest BCUT2D eigenvalue weighted by Crippen LogP contribution is -2.36. The van der Waals surface area contributed by atoms with E-state index in [0.29, 0.717) is 0 Å². The number of hydrogen-bond acceptors (Lipinski definition) is 3. The zero-order valence-corrected chi connectivity index (χ0v) is 10.9. The van der Waals surface area contributed by atoms with Gasteiger partial charge < -0.3 is 10.1 Å². The monoisotopic (exact) mass is 237 g/mol. The van der Waals surface area contributed by atoms with E-state index in [1.165, 1.54) is 12.8 Å². The van der Waals surface area contributed by atoms with E-state index in [9.17, 15) is 0 Å². The number of nitrogens with one attached hydrogen (secondary N) is 1. The number of ether oxygens (including phenoxy) is 1. The highest BCUT2D eigenvalue weighted by atomic mass is 16.5. The van der Waals surface area contributed by atoms with Crippen molar-refractivity contribution in [3.8, 4) is 0 Å². The third-order valence-electron chi connectivity index (χ3n) is 3.25. The van der Waals surface area contributed by atoms with Crippen LogP contribution < -0.4 is 5.32 Å². The second kappa shape index (κ2) is 6.17. The lowest BCUT2D eigenvalue weighted by atomic mass is 9.99. The van der Waals surface area contributed by atoms with E-state index in [4.69, 9.17) is 4.74 Å². The molecule has 2 rings (SSSR count). The van der Waals surface area contributed by atoms with Gasteiger partial charge in [0.15, 0.2) is 0 Å². The van der Waals surface area contributed by atoms with Crippen molar-refractivity contribution in [2.24, 2.45) is 7.05 Å². The molecule has 2 unspecified atom stereocenters. The third-order valence-corrected chi connectivity index (χ3v) is 3.25. The predicted molar refractivity (Wildman–Crippen MR) is 67.8 cm³/mol. The summed E-state index contributed by atoms with van der Waals surface area (Å²) < 4.78 is 7.75. The summed E-state index contributed by atoms with van der Waals surface area (Å²) in [5.41, 5.74) is 1.10. The van der Waals surface area contributed by atoms with Gasteiger partial charge in [0, 0.05) is 19.9 Å². The number of rotatable bonds is 5. The number of hydrogen-bond donors (Lipinski definition) is 1. The van der Waals surface area contributed by atoms with Gasteiger partial charge in [-0.25, -0.2) is 0 Å². The molecule has 0 spiro atoms. The molecule has 0 radical (unpaired) electrons. The molecule has 1 fully saturated rings. The Morgan fingerprint density at radius 1 is 1.59 bits per heavy atom.